The summed E-state index contributed by atoms with van der Waals surface area (Å²) in [6.07, 6.45) is 6.10. The molecule has 4 heteroatoms. The van der Waals surface area contributed by atoms with Crippen LogP contribution in [0.2, 0.25) is 0 Å². The highest BCUT2D eigenvalue weighted by Crippen LogP contribution is 2.41. The van der Waals surface area contributed by atoms with Crippen LogP contribution in [-0.4, -0.2) is 19.6 Å². The van der Waals surface area contributed by atoms with Gasteiger partial charge in [-0.2, -0.15) is 0 Å². The Kier molecular flexibility index (Phi) is 4.18. The lowest BCUT2D eigenvalue weighted by Gasteiger charge is -2.30. The molecule has 116 valence electrons. The standard InChI is InChI=1S/C18H21NO3/c1-21-15-8-6-14(7-9-15)18(10-2-3-11-18)13-19-17(20)16-5-4-12-22-16/h4-9,12H,2-3,10-11,13H2,1H3,(H,19,20). The fourth-order valence-corrected chi connectivity index (χ4v) is 3.31. The zero-order valence-corrected chi connectivity index (χ0v) is 12.8. The Morgan fingerprint density at radius 3 is 2.55 bits per heavy atom. The highest BCUT2D eigenvalue weighted by molar-refractivity contribution is 5.91. The zero-order valence-electron chi connectivity index (χ0n) is 12.8. The van der Waals surface area contributed by atoms with Crippen LogP contribution in [0.3, 0.4) is 0 Å². The molecule has 0 radical (unpaired) electrons. The Hall–Kier alpha value is -2.23. The first-order chi connectivity index (χ1) is 10.7. The quantitative estimate of drug-likeness (QED) is 0.919. The maximum absolute atomic E-state index is 12.1. The van der Waals surface area contributed by atoms with Crippen molar-refractivity contribution in [2.75, 3.05) is 13.7 Å². The van der Waals surface area contributed by atoms with E-state index in [9.17, 15) is 4.79 Å². The average molecular weight is 299 g/mol. The molecule has 22 heavy (non-hydrogen) atoms. The lowest BCUT2D eigenvalue weighted by atomic mass is 9.78. The van der Waals surface area contributed by atoms with Gasteiger partial charge in [-0.25, -0.2) is 0 Å². The van der Waals surface area contributed by atoms with E-state index in [1.54, 1.807) is 19.2 Å². The third-order valence-corrected chi connectivity index (χ3v) is 4.60. The van der Waals surface area contributed by atoms with Crippen molar-refractivity contribution in [1.29, 1.82) is 0 Å². The number of ether oxygens (including phenoxy) is 1. The van der Waals surface area contributed by atoms with Crippen LogP contribution in [0.5, 0.6) is 5.75 Å². The molecule has 3 rings (SSSR count). The number of nitrogens with one attached hydrogen (secondary N) is 1. The highest BCUT2D eigenvalue weighted by atomic mass is 16.5. The maximum atomic E-state index is 12.1. The lowest BCUT2D eigenvalue weighted by molar-refractivity contribution is 0.0915. The molecule has 1 heterocycles. The van der Waals surface area contributed by atoms with E-state index in [2.05, 4.69) is 17.4 Å². The number of rotatable bonds is 5. The fourth-order valence-electron chi connectivity index (χ4n) is 3.31. The molecule has 4 nitrogen and oxygen atoms in total. The number of furan rings is 1. The van der Waals surface area contributed by atoms with Crippen LogP contribution in [0, 0.1) is 0 Å². The van der Waals surface area contributed by atoms with Gasteiger partial charge in [0, 0.05) is 12.0 Å². The van der Waals surface area contributed by atoms with Gasteiger partial charge < -0.3 is 14.5 Å². The van der Waals surface area contributed by atoms with Gasteiger partial charge in [0.15, 0.2) is 5.76 Å². The molecule has 1 aromatic heterocycles. The van der Waals surface area contributed by atoms with Crippen LogP contribution in [0.1, 0.15) is 41.8 Å². The van der Waals surface area contributed by atoms with Gasteiger partial charge in [0.2, 0.25) is 0 Å². The third-order valence-electron chi connectivity index (χ3n) is 4.60. The summed E-state index contributed by atoms with van der Waals surface area (Å²) in [6, 6.07) is 11.6. The van der Waals surface area contributed by atoms with Gasteiger partial charge in [-0.15, -0.1) is 0 Å². The Bertz CT molecular complexity index is 610. The van der Waals surface area contributed by atoms with Crippen molar-refractivity contribution in [3.05, 3.63) is 54.0 Å². The normalized spacial score (nSPS) is 16.4. The molecule has 1 saturated carbocycles. The second-order valence-corrected chi connectivity index (χ2v) is 5.88. The SMILES string of the molecule is COc1ccc(C2(CNC(=O)c3ccco3)CCCC2)cc1. The molecular weight excluding hydrogens is 278 g/mol. The molecule has 1 aliphatic rings. The Balaban J connectivity index is 1.75. The largest absolute Gasteiger partial charge is 0.497 e. The number of amides is 1. The van der Waals surface area contributed by atoms with Gasteiger partial charge in [-0.1, -0.05) is 25.0 Å². The molecule has 0 saturated heterocycles. The monoisotopic (exact) mass is 299 g/mol. The van der Waals surface area contributed by atoms with Gasteiger partial charge >= 0.3 is 0 Å². The molecule has 1 fully saturated rings. The smallest absolute Gasteiger partial charge is 0.287 e. The van der Waals surface area contributed by atoms with Crippen LogP contribution in [-0.2, 0) is 5.41 Å². The number of hydrogen-bond donors (Lipinski definition) is 1. The van der Waals surface area contributed by atoms with Crippen molar-refractivity contribution in [2.45, 2.75) is 31.1 Å². The van der Waals surface area contributed by atoms with E-state index in [1.165, 1.54) is 24.7 Å². The van der Waals surface area contributed by atoms with Crippen LogP contribution in [0.4, 0.5) is 0 Å². The second kappa shape index (κ2) is 6.26. The molecule has 0 aliphatic heterocycles. The van der Waals surface area contributed by atoms with E-state index in [1.807, 2.05) is 12.1 Å². The van der Waals surface area contributed by atoms with Crippen molar-refractivity contribution >= 4 is 5.91 Å². The first-order valence-electron chi connectivity index (χ1n) is 7.70. The van der Waals surface area contributed by atoms with Crippen molar-refractivity contribution in [3.63, 3.8) is 0 Å². The minimum absolute atomic E-state index is 0.0223. The third kappa shape index (κ3) is 2.86. The predicted molar refractivity (Wildman–Crippen MR) is 84.2 cm³/mol. The van der Waals surface area contributed by atoms with Crippen LogP contribution in [0.25, 0.3) is 0 Å². The Morgan fingerprint density at radius 2 is 1.95 bits per heavy atom. The van der Waals surface area contributed by atoms with E-state index in [0.717, 1.165) is 18.6 Å². The minimum Gasteiger partial charge on any atom is -0.497 e. The number of carbonyl (C=O) groups is 1. The van der Waals surface area contributed by atoms with Crippen LogP contribution in [0.15, 0.2) is 47.1 Å². The van der Waals surface area contributed by atoms with Crippen molar-refractivity contribution in [3.8, 4) is 5.75 Å². The van der Waals surface area contributed by atoms with Crippen LogP contribution < -0.4 is 10.1 Å². The molecule has 2 aromatic rings. The molecular formula is C18H21NO3. The predicted octanol–water partition coefficient (Wildman–Crippen LogP) is 3.53. The van der Waals surface area contributed by atoms with Gasteiger partial charge in [0.1, 0.15) is 5.75 Å². The van der Waals surface area contributed by atoms with Crippen molar-refractivity contribution < 1.29 is 13.9 Å². The summed E-state index contributed by atoms with van der Waals surface area (Å²) in [5.41, 5.74) is 1.29. The first kappa shape index (κ1) is 14.7. The summed E-state index contributed by atoms with van der Waals surface area (Å²) in [5.74, 6) is 1.07. The molecule has 1 aromatic carbocycles. The molecule has 0 spiro atoms. The van der Waals surface area contributed by atoms with E-state index in [4.69, 9.17) is 9.15 Å². The molecule has 1 amide bonds. The Labute approximate surface area is 130 Å². The van der Waals surface area contributed by atoms with Gasteiger partial charge in [0.05, 0.1) is 13.4 Å². The maximum Gasteiger partial charge on any atom is 0.287 e. The molecule has 0 unspecified atom stereocenters. The van der Waals surface area contributed by atoms with E-state index in [0.29, 0.717) is 12.3 Å². The number of methoxy groups -OCH3 is 1. The molecule has 0 bridgehead atoms. The summed E-state index contributed by atoms with van der Waals surface area (Å²) < 4.78 is 10.4. The number of carbonyl (C=O) groups excluding carboxylic acids is 1. The molecule has 0 atom stereocenters. The summed E-state index contributed by atoms with van der Waals surface area (Å²) in [4.78, 5) is 12.1. The second-order valence-electron chi connectivity index (χ2n) is 5.88. The minimum atomic E-state index is -0.148. The summed E-state index contributed by atoms with van der Waals surface area (Å²) in [6.45, 7) is 0.638. The highest BCUT2D eigenvalue weighted by Gasteiger charge is 2.36. The van der Waals surface area contributed by atoms with Crippen molar-refractivity contribution in [1.82, 2.24) is 5.32 Å². The van der Waals surface area contributed by atoms with Gasteiger partial charge in [-0.05, 0) is 42.7 Å². The van der Waals surface area contributed by atoms with Crippen molar-refractivity contribution in [2.24, 2.45) is 0 Å². The number of hydrogen-bond acceptors (Lipinski definition) is 3. The van der Waals surface area contributed by atoms with Gasteiger partial charge in [-0.3, -0.25) is 4.79 Å². The van der Waals surface area contributed by atoms with E-state index in [-0.39, 0.29) is 11.3 Å². The molecule has 1 N–H and O–H groups in total. The average Bonchev–Trinajstić information content (AvgIpc) is 3.25. The zero-order chi connectivity index (χ0) is 15.4. The summed E-state index contributed by atoms with van der Waals surface area (Å²) in [7, 11) is 1.67. The Morgan fingerprint density at radius 1 is 1.23 bits per heavy atom. The molecule has 1 aliphatic carbocycles. The van der Waals surface area contributed by atoms with E-state index < -0.39 is 0 Å². The first-order valence-corrected chi connectivity index (χ1v) is 7.70. The fraction of sp³-hybridized carbons (Fsp3) is 0.389. The van der Waals surface area contributed by atoms with Gasteiger partial charge in [0.25, 0.3) is 5.91 Å². The van der Waals surface area contributed by atoms with Crippen LogP contribution >= 0.6 is 0 Å². The summed E-state index contributed by atoms with van der Waals surface area (Å²) in [5, 5.41) is 3.03. The lowest BCUT2D eigenvalue weighted by Crippen LogP contribution is -2.38. The van der Waals surface area contributed by atoms with E-state index >= 15 is 0 Å². The topological polar surface area (TPSA) is 51.5 Å². The summed E-state index contributed by atoms with van der Waals surface area (Å²) >= 11 is 0. The number of benzene rings is 1.